The van der Waals surface area contributed by atoms with Crippen LogP contribution in [0.1, 0.15) is 37.8 Å². The second-order valence-electron chi connectivity index (χ2n) is 7.21. The van der Waals surface area contributed by atoms with Gasteiger partial charge < -0.3 is 15.3 Å². The number of nitrogens with zero attached hydrogens (tertiary/aromatic N) is 1. The van der Waals surface area contributed by atoms with Gasteiger partial charge in [-0.1, -0.05) is 19.9 Å². The molecular weight excluding hydrogens is 320 g/mol. The molecule has 0 saturated carbocycles. The first-order chi connectivity index (χ1) is 11.7. The Morgan fingerprint density at radius 1 is 1.24 bits per heavy atom. The number of aryl methyl sites for hydroxylation is 2. The van der Waals surface area contributed by atoms with E-state index < -0.39 is 23.8 Å². The van der Waals surface area contributed by atoms with Gasteiger partial charge in [-0.15, -0.1) is 0 Å². The lowest BCUT2D eigenvalue weighted by Crippen LogP contribution is -2.46. The fourth-order valence-electron chi connectivity index (χ4n) is 3.25. The minimum absolute atomic E-state index is 0.132. The smallest absolute Gasteiger partial charge is 0.326 e. The van der Waals surface area contributed by atoms with Gasteiger partial charge in [0.05, 0.1) is 0 Å². The van der Waals surface area contributed by atoms with Gasteiger partial charge in [0.25, 0.3) is 0 Å². The highest BCUT2D eigenvalue weighted by Gasteiger charge is 2.39. The number of aliphatic carboxylic acids is 1. The van der Waals surface area contributed by atoms with Gasteiger partial charge in [0.2, 0.25) is 11.8 Å². The van der Waals surface area contributed by atoms with E-state index >= 15 is 0 Å². The van der Waals surface area contributed by atoms with Crippen LogP contribution in [-0.2, 0) is 14.4 Å². The number of amides is 2. The Balaban J connectivity index is 2.10. The van der Waals surface area contributed by atoms with Crippen molar-refractivity contribution < 1.29 is 19.5 Å². The molecule has 6 nitrogen and oxygen atoms in total. The highest BCUT2D eigenvalue weighted by molar-refractivity contribution is 6.10. The number of carbonyl (C=O) groups is 3. The molecule has 2 N–H and O–H groups in total. The molecule has 1 aliphatic rings. The monoisotopic (exact) mass is 346 g/mol. The number of hydrogen-bond donors (Lipinski definition) is 2. The van der Waals surface area contributed by atoms with E-state index in [9.17, 15) is 19.5 Å². The average molecular weight is 346 g/mol. The third kappa shape index (κ3) is 4.59. The maximum absolute atomic E-state index is 12.7. The quantitative estimate of drug-likeness (QED) is 0.774. The molecular formula is C19H26N2O4. The summed E-state index contributed by atoms with van der Waals surface area (Å²) in [5.74, 6) is -2.53. The maximum atomic E-state index is 12.7. The molecule has 1 aromatic rings. The molecule has 0 spiro atoms. The number of carboxylic acids is 1. The second-order valence-corrected chi connectivity index (χ2v) is 7.21. The summed E-state index contributed by atoms with van der Waals surface area (Å²) in [5, 5.41) is 11.8. The number of carboxylic acid groups (broad SMARTS) is 1. The van der Waals surface area contributed by atoms with Gasteiger partial charge in [-0.25, -0.2) is 4.79 Å². The lowest BCUT2D eigenvalue weighted by Gasteiger charge is -2.20. The predicted molar refractivity (Wildman–Crippen MR) is 95.4 cm³/mol. The van der Waals surface area contributed by atoms with Gasteiger partial charge in [0.1, 0.15) is 12.0 Å². The summed E-state index contributed by atoms with van der Waals surface area (Å²) >= 11 is 0. The first-order valence-corrected chi connectivity index (χ1v) is 8.62. The summed E-state index contributed by atoms with van der Waals surface area (Å²) in [5.41, 5.74) is 2.90. The summed E-state index contributed by atoms with van der Waals surface area (Å²) < 4.78 is 0. The molecule has 2 rings (SSSR count). The summed E-state index contributed by atoms with van der Waals surface area (Å²) in [6.07, 6.45) is 0.731. The molecule has 1 heterocycles. The van der Waals surface area contributed by atoms with Crippen molar-refractivity contribution in [3.8, 4) is 0 Å². The van der Waals surface area contributed by atoms with E-state index in [1.54, 1.807) is 4.90 Å². The van der Waals surface area contributed by atoms with Crippen molar-refractivity contribution in [1.82, 2.24) is 5.32 Å². The maximum Gasteiger partial charge on any atom is 0.326 e. The zero-order chi connectivity index (χ0) is 18.7. The van der Waals surface area contributed by atoms with E-state index in [1.165, 1.54) is 0 Å². The number of hydrogen-bond acceptors (Lipinski definition) is 3. The third-order valence-electron chi connectivity index (χ3n) is 4.36. The Morgan fingerprint density at radius 3 is 2.36 bits per heavy atom. The first-order valence-electron chi connectivity index (χ1n) is 8.62. The van der Waals surface area contributed by atoms with Crippen LogP contribution in [0.3, 0.4) is 0 Å². The average Bonchev–Trinajstić information content (AvgIpc) is 2.86. The van der Waals surface area contributed by atoms with Crippen molar-refractivity contribution in [2.24, 2.45) is 11.8 Å². The van der Waals surface area contributed by atoms with E-state index in [0.29, 0.717) is 19.4 Å². The third-order valence-corrected chi connectivity index (χ3v) is 4.36. The minimum atomic E-state index is -1.07. The van der Waals surface area contributed by atoms with Crippen LogP contribution in [0.4, 0.5) is 5.69 Å². The summed E-state index contributed by atoms with van der Waals surface area (Å²) in [4.78, 5) is 38.0. The van der Waals surface area contributed by atoms with Crippen molar-refractivity contribution in [2.45, 2.75) is 46.6 Å². The van der Waals surface area contributed by atoms with Crippen LogP contribution in [0.15, 0.2) is 18.2 Å². The van der Waals surface area contributed by atoms with Crippen molar-refractivity contribution in [2.75, 3.05) is 11.4 Å². The second kappa shape index (κ2) is 7.68. The molecule has 1 aliphatic heterocycles. The Morgan fingerprint density at radius 2 is 1.84 bits per heavy atom. The fourth-order valence-corrected chi connectivity index (χ4v) is 3.25. The molecule has 0 aromatic heterocycles. The van der Waals surface area contributed by atoms with Gasteiger partial charge in [-0.3, -0.25) is 9.59 Å². The van der Waals surface area contributed by atoms with Crippen LogP contribution < -0.4 is 10.2 Å². The van der Waals surface area contributed by atoms with Crippen molar-refractivity contribution in [1.29, 1.82) is 0 Å². The lowest BCUT2D eigenvalue weighted by molar-refractivity contribution is -0.144. The Labute approximate surface area is 148 Å². The van der Waals surface area contributed by atoms with Crippen LogP contribution in [-0.4, -0.2) is 35.5 Å². The standard InChI is InChI=1S/C19H26N2O4/c1-11(2)7-16(19(24)25)20-17(22)15-5-6-21(18(15)23)14-9-12(3)8-13(4)10-14/h8-11,15-16H,5-7H2,1-4H3,(H,20,22)(H,24,25)/t15?,16-/m0/s1. The van der Waals surface area contributed by atoms with E-state index in [-0.39, 0.29) is 11.8 Å². The van der Waals surface area contributed by atoms with Crippen LogP contribution in [0, 0.1) is 25.7 Å². The zero-order valence-corrected chi connectivity index (χ0v) is 15.2. The number of anilines is 1. The number of benzene rings is 1. The number of nitrogens with one attached hydrogen (secondary N) is 1. The number of carbonyl (C=O) groups excluding carboxylic acids is 2. The van der Waals surface area contributed by atoms with Crippen LogP contribution >= 0.6 is 0 Å². The topological polar surface area (TPSA) is 86.7 Å². The van der Waals surface area contributed by atoms with Gasteiger partial charge in [0.15, 0.2) is 0 Å². The Bertz CT molecular complexity index is 664. The predicted octanol–water partition coefficient (Wildman–Crippen LogP) is 2.27. The molecule has 136 valence electrons. The molecule has 1 unspecified atom stereocenters. The fraction of sp³-hybridized carbons (Fsp3) is 0.526. The highest BCUT2D eigenvalue weighted by Crippen LogP contribution is 2.27. The van der Waals surface area contributed by atoms with Gasteiger partial charge in [-0.05, 0) is 55.9 Å². The molecule has 0 radical (unpaired) electrons. The van der Waals surface area contributed by atoms with Crippen molar-refractivity contribution >= 4 is 23.5 Å². The Hall–Kier alpha value is -2.37. The molecule has 6 heteroatoms. The SMILES string of the molecule is Cc1cc(C)cc(N2CCC(C(=O)N[C@@H](CC(C)C)C(=O)O)C2=O)c1. The zero-order valence-electron chi connectivity index (χ0n) is 15.2. The first kappa shape index (κ1) is 19.0. The largest absolute Gasteiger partial charge is 0.480 e. The summed E-state index contributed by atoms with van der Waals surface area (Å²) in [6, 6.07) is 4.90. The summed E-state index contributed by atoms with van der Waals surface area (Å²) in [7, 11) is 0. The molecule has 2 atom stereocenters. The van der Waals surface area contributed by atoms with Gasteiger partial charge in [0, 0.05) is 12.2 Å². The van der Waals surface area contributed by atoms with Crippen LogP contribution in [0.2, 0.25) is 0 Å². The molecule has 2 amide bonds. The molecule has 1 fully saturated rings. The Kier molecular flexibility index (Phi) is 5.82. The summed E-state index contributed by atoms with van der Waals surface area (Å²) in [6.45, 7) is 8.17. The van der Waals surface area contributed by atoms with E-state index in [1.807, 2.05) is 45.9 Å². The van der Waals surface area contributed by atoms with Gasteiger partial charge >= 0.3 is 5.97 Å². The van der Waals surface area contributed by atoms with E-state index in [4.69, 9.17) is 0 Å². The van der Waals surface area contributed by atoms with Crippen LogP contribution in [0.25, 0.3) is 0 Å². The minimum Gasteiger partial charge on any atom is -0.480 e. The van der Waals surface area contributed by atoms with Gasteiger partial charge in [-0.2, -0.15) is 0 Å². The number of rotatable bonds is 6. The highest BCUT2D eigenvalue weighted by atomic mass is 16.4. The molecule has 0 aliphatic carbocycles. The molecule has 1 aromatic carbocycles. The lowest BCUT2D eigenvalue weighted by atomic mass is 10.0. The molecule has 0 bridgehead atoms. The molecule has 25 heavy (non-hydrogen) atoms. The normalized spacial score (nSPS) is 18.5. The van der Waals surface area contributed by atoms with Crippen molar-refractivity contribution in [3.63, 3.8) is 0 Å². The van der Waals surface area contributed by atoms with E-state index in [2.05, 4.69) is 5.32 Å². The van der Waals surface area contributed by atoms with E-state index in [0.717, 1.165) is 16.8 Å². The van der Waals surface area contributed by atoms with Crippen molar-refractivity contribution in [3.05, 3.63) is 29.3 Å². The molecule has 1 saturated heterocycles. The van der Waals surface area contributed by atoms with Crippen LogP contribution in [0.5, 0.6) is 0 Å².